The lowest BCUT2D eigenvalue weighted by Crippen LogP contribution is -2.19. The lowest BCUT2D eigenvalue weighted by molar-refractivity contribution is 0.0653. The Hall–Kier alpha value is -1.81. The molecule has 2 atom stereocenters. The molecule has 100 valence electrons. The van der Waals surface area contributed by atoms with Gasteiger partial charge in [-0.3, -0.25) is 4.68 Å². The maximum atomic E-state index is 10.3. The molecule has 4 nitrogen and oxygen atoms in total. The number of hydrogen-bond donors (Lipinski definition) is 1. The summed E-state index contributed by atoms with van der Waals surface area (Å²) in [6.07, 6.45) is 2.85. The third kappa shape index (κ3) is 2.12. The van der Waals surface area contributed by atoms with Crippen molar-refractivity contribution in [3.8, 4) is 5.75 Å². The first-order valence-electron chi connectivity index (χ1n) is 6.65. The number of aliphatic hydroxyl groups is 1. The third-order valence-corrected chi connectivity index (χ3v) is 3.60. The zero-order chi connectivity index (χ0) is 13.4. The average molecular weight is 258 g/mol. The van der Waals surface area contributed by atoms with E-state index < -0.39 is 6.10 Å². The van der Waals surface area contributed by atoms with Crippen molar-refractivity contribution in [1.82, 2.24) is 9.78 Å². The molecule has 0 amide bonds. The van der Waals surface area contributed by atoms with E-state index in [0.717, 1.165) is 29.0 Å². The summed E-state index contributed by atoms with van der Waals surface area (Å²) >= 11 is 0. The van der Waals surface area contributed by atoms with Gasteiger partial charge in [-0.1, -0.05) is 25.1 Å². The third-order valence-electron chi connectivity index (χ3n) is 3.60. The first-order chi connectivity index (χ1) is 9.19. The van der Waals surface area contributed by atoms with Gasteiger partial charge in [0.05, 0.1) is 11.8 Å². The van der Waals surface area contributed by atoms with E-state index in [9.17, 15) is 5.11 Å². The van der Waals surface area contributed by atoms with Crippen LogP contribution in [-0.4, -0.2) is 14.9 Å². The van der Waals surface area contributed by atoms with Crippen LogP contribution in [0, 0.1) is 0 Å². The van der Waals surface area contributed by atoms with Gasteiger partial charge in [0.2, 0.25) is 0 Å². The smallest absolute Gasteiger partial charge is 0.130 e. The van der Waals surface area contributed by atoms with Crippen LogP contribution in [0.3, 0.4) is 0 Å². The van der Waals surface area contributed by atoms with Gasteiger partial charge in [-0.25, -0.2) is 0 Å². The summed E-state index contributed by atoms with van der Waals surface area (Å²) in [6, 6.07) is 7.68. The average Bonchev–Trinajstić information content (AvgIpc) is 2.80. The van der Waals surface area contributed by atoms with Gasteiger partial charge in [0.1, 0.15) is 11.9 Å². The summed E-state index contributed by atoms with van der Waals surface area (Å²) in [7, 11) is 1.91. The number of hydrogen-bond acceptors (Lipinski definition) is 3. The molecule has 1 unspecified atom stereocenters. The van der Waals surface area contributed by atoms with Crippen molar-refractivity contribution in [3.05, 3.63) is 47.3 Å². The minimum Gasteiger partial charge on any atom is -0.485 e. The van der Waals surface area contributed by atoms with Gasteiger partial charge >= 0.3 is 0 Å². The molecule has 0 spiro atoms. The Labute approximate surface area is 112 Å². The van der Waals surface area contributed by atoms with Gasteiger partial charge in [0.25, 0.3) is 0 Å². The molecule has 1 aliphatic rings. The number of nitrogens with zero attached hydrogens (tertiary/aromatic N) is 2. The maximum absolute atomic E-state index is 10.3. The topological polar surface area (TPSA) is 47.3 Å². The highest BCUT2D eigenvalue weighted by Gasteiger charge is 2.30. The minimum atomic E-state index is -0.472. The monoisotopic (exact) mass is 258 g/mol. The molecule has 2 heterocycles. The zero-order valence-corrected chi connectivity index (χ0v) is 11.2. The Bertz CT molecular complexity index is 592. The molecule has 0 fully saturated rings. The summed E-state index contributed by atoms with van der Waals surface area (Å²) in [4.78, 5) is 0. The second kappa shape index (κ2) is 4.70. The van der Waals surface area contributed by atoms with E-state index >= 15 is 0 Å². The van der Waals surface area contributed by atoms with Crippen LogP contribution in [0.1, 0.15) is 42.4 Å². The summed E-state index contributed by atoms with van der Waals surface area (Å²) in [6.45, 7) is 2.08. The molecule has 1 aromatic carbocycles. The standard InChI is InChI=1S/C15H18N2O2/c1-3-12-11(9-17(2)16-12)15-8-13(18)10-6-4-5-7-14(10)19-15/h4-7,9,13,15,18H,3,8H2,1-2H3/t13-,15?/m0/s1. The predicted octanol–water partition coefficient (Wildman–Crippen LogP) is 2.54. The van der Waals surface area contributed by atoms with Gasteiger partial charge in [-0.2, -0.15) is 5.10 Å². The van der Waals surface area contributed by atoms with Gasteiger partial charge in [0, 0.05) is 30.8 Å². The zero-order valence-electron chi connectivity index (χ0n) is 11.2. The van der Waals surface area contributed by atoms with E-state index in [1.54, 1.807) is 0 Å². The van der Waals surface area contributed by atoms with Crippen LogP contribution >= 0.6 is 0 Å². The predicted molar refractivity (Wildman–Crippen MR) is 72.0 cm³/mol. The largest absolute Gasteiger partial charge is 0.485 e. The van der Waals surface area contributed by atoms with E-state index in [2.05, 4.69) is 12.0 Å². The Balaban J connectivity index is 1.96. The fraction of sp³-hybridized carbons (Fsp3) is 0.400. The van der Waals surface area contributed by atoms with Crippen molar-refractivity contribution in [3.63, 3.8) is 0 Å². The Kier molecular flexibility index (Phi) is 3.03. The van der Waals surface area contributed by atoms with Crippen LogP contribution in [0.15, 0.2) is 30.5 Å². The number of benzene rings is 1. The normalized spacial score (nSPS) is 21.8. The molecule has 0 aliphatic carbocycles. The van der Waals surface area contributed by atoms with E-state index in [1.165, 1.54) is 0 Å². The molecule has 0 saturated carbocycles. The molecule has 0 radical (unpaired) electrons. The van der Waals surface area contributed by atoms with Crippen molar-refractivity contribution in [2.75, 3.05) is 0 Å². The minimum absolute atomic E-state index is 0.117. The summed E-state index contributed by atoms with van der Waals surface area (Å²) < 4.78 is 7.84. The molecule has 4 heteroatoms. The van der Waals surface area contributed by atoms with Crippen molar-refractivity contribution in [2.24, 2.45) is 7.05 Å². The second-order valence-corrected chi connectivity index (χ2v) is 4.95. The Morgan fingerprint density at radius 2 is 2.16 bits per heavy atom. The fourth-order valence-electron chi connectivity index (χ4n) is 2.68. The van der Waals surface area contributed by atoms with Crippen LogP contribution < -0.4 is 4.74 Å². The molecule has 1 aromatic heterocycles. The van der Waals surface area contributed by atoms with E-state index in [4.69, 9.17) is 4.74 Å². The summed E-state index contributed by atoms with van der Waals surface area (Å²) in [5.74, 6) is 0.775. The maximum Gasteiger partial charge on any atom is 0.130 e. The lowest BCUT2D eigenvalue weighted by atomic mass is 9.95. The van der Waals surface area contributed by atoms with Crippen molar-refractivity contribution >= 4 is 0 Å². The van der Waals surface area contributed by atoms with Gasteiger partial charge in [-0.05, 0) is 12.5 Å². The Morgan fingerprint density at radius 3 is 2.95 bits per heavy atom. The van der Waals surface area contributed by atoms with Gasteiger partial charge in [-0.15, -0.1) is 0 Å². The lowest BCUT2D eigenvalue weighted by Gasteiger charge is -2.29. The first kappa shape index (κ1) is 12.2. The number of aromatic nitrogens is 2. The van der Waals surface area contributed by atoms with Crippen LogP contribution in [0.25, 0.3) is 0 Å². The van der Waals surface area contributed by atoms with Crippen molar-refractivity contribution < 1.29 is 9.84 Å². The quantitative estimate of drug-likeness (QED) is 0.900. The molecule has 19 heavy (non-hydrogen) atoms. The van der Waals surface area contributed by atoms with Crippen LogP contribution in [-0.2, 0) is 13.5 Å². The van der Waals surface area contributed by atoms with Crippen LogP contribution in [0.4, 0.5) is 0 Å². The summed E-state index contributed by atoms with van der Waals surface area (Å²) in [5.41, 5.74) is 3.00. The number of aliphatic hydroxyl groups excluding tert-OH is 1. The van der Waals surface area contributed by atoms with Crippen molar-refractivity contribution in [1.29, 1.82) is 0 Å². The second-order valence-electron chi connectivity index (χ2n) is 4.95. The van der Waals surface area contributed by atoms with Gasteiger partial charge in [0.15, 0.2) is 0 Å². The molecule has 1 aliphatic heterocycles. The highest BCUT2D eigenvalue weighted by molar-refractivity contribution is 5.38. The molecule has 3 rings (SSSR count). The summed E-state index contributed by atoms with van der Waals surface area (Å²) in [5, 5.41) is 14.7. The number of aryl methyl sites for hydroxylation is 2. The molecule has 0 bridgehead atoms. The Morgan fingerprint density at radius 1 is 1.37 bits per heavy atom. The number of ether oxygens (including phenoxy) is 1. The highest BCUT2D eigenvalue weighted by Crippen LogP contribution is 2.41. The number of rotatable bonds is 2. The van der Waals surface area contributed by atoms with E-state index in [1.807, 2.05) is 42.2 Å². The fourth-order valence-corrected chi connectivity index (χ4v) is 2.68. The first-order valence-corrected chi connectivity index (χ1v) is 6.65. The number of para-hydroxylation sites is 1. The molecule has 0 saturated heterocycles. The van der Waals surface area contributed by atoms with E-state index in [0.29, 0.717) is 6.42 Å². The van der Waals surface area contributed by atoms with E-state index in [-0.39, 0.29) is 6.10 Å². The highest BCUT2D eigenvalue weighted by atomic mass is 16.5. The van der Waals surface area contributed by atoms with Gasteiger partial charge < -0.3 is 9.84 Å². The SMILES string of the molecule is CCc1nn(C)cc1C1C[C@H](O)c2ccccc2O1. The number of fused-ring (bicyclic) bond motifs is 1. The molecule has 1 N–H and O–H groups in total. The van der Waals surface area contributed by atoms with Crippen LogP contribution in [0.5, 0.6) is 5.75 Å². The van der Waals surface area contributed by atoms with Crippen LogP contribution in [0.2, 0.25) is 0 Å². The molecular weight excluding hydrogens is 240 g/mol. The van der Waals surface area contributed by atoms with Crippen molar-refractivity contribution in [2.45, 2.75) is 32.0 Å². The molecular formula is C15H18N2O2. The molecule has 2 aromatic rings.